The Morgan fingerprint density at radius 2 is 2.21 bits per heavy atom. The molecule has 1 aliphatic rings. The van der Waals surface area contributed by atoms with E-state index in [0.29, 0.717) is 24.5 Å². The van der Waals surface area contributed by atoms with Crippen LogP contribution in [0.5, 0.6) is 5.75 Å². The largest absolute Gasteiger partial charge is 0.494 e. The molecule has 8 heteroatoms. The Morgan fingerprint density at radius 3 is 3.07 bits per heavy atom. The van der Waals surface area contributed by atoms with E-state index in [1.807, 2.05) is 47.4 Å². The first kappa shape index (κ1) is 17.4. The minimum Gasteiger partial charge on any atom is -0.494 e. The highest BCUT2D eigenvalue weighted by molar-refractivity contribution is 5.85. The molecule has 1 unspecified atom stereocenters. The maximum Gasteiger partial charge on any atom is 0.162 e. The Bertz CT molecular complexity index is 1250. The molecule has 7 nitrogen and oxygen atoms in total. The Labute approximate surface area is 166 Å². The van der Waals surface area contributed by atoms with Gasteiger partial charge in [-0.1, -0.05) is 12.2 Å². The van der Waals surface area contributed by atoms with E-state index in [1.54, 1.807) is 17.7 Å². The summed E-state index contributed by atoms with van der Waals surface area (Å²) < 4.78 is 22.6. The molecule has 29 heavy (non-hydrogen) atoms. The van der Waals surface area contributed by atoms with Gasteiger partial charge in [-0.25, -0.2) is 13.9 Å². The lowest BCUT2D eigenvalue weighted by Gasteiger charge is -2.15. The number of allylic oxidation sites excluding steroid dienone is 4. The van der Waals surface area contributed by atoms with Crippen molar-refractivity contribution in [2.24, 2.45) is 5.92 Å². The second kappa shape index (κ2) is 7.05. The van der Waals surface area contributed by atoms with Gasteiger partial charge in [-0.3, -0.25) is 4.68 Å². The summed E-state index contributed by atoms with van der Waals surface area (Å²) >= 11 is 0. The van der Waals surface area contributed by atoms with Crippen molar-refractivity contribution in [2.75, 3.05) is 12.4 Å². The molecule has 1 aliphatic carbocycles. The number of aromatic nitrogens is 5. The second-order valence-electron chi connectivity index (χ2n) is 6.97. The molecule has 0 fully saturated rings. The summed E-state index contributed by atoms with van der Waals surface area (Å²) in [5.41, 5.74) is 2.66. The third kappa shape index (κ3) is 3.22. The fourth-order valence-corrected chi connectivity index (χ4v) is 3.68. The number of nitrogens with one attached hydrogen (secondary N) is 1. The molecule has 0 saturated heterocycles. The highest BCUT2D eigenvalue weighted by Crippen LogP contribution is 2.29. The van der Waals surface area contributed by atoms with Gasteiger partial charge in [0, 0.05) is 42.2 Å². The van der Waals surface area contributed by atoms with Crippen LogP contribution in [0, 0.1) is 5.92 Å². The first-order valence-corrected chi connectivity index (χ1v) is 9.33. The van der Waals surface area contributed by atoms with Gasteiger partial charge in [0.05, 0.1) is 18.8 Å². The van der Waals surface area contributed by atoms with Crippen LogP contribution < -0.4 is 10.1 Å². The fraction of sp³-hybridized carbons (Fsp3) is 0.190. The van der Waals surface area contributed by atoms with Gasteiger partial charge in [0.15, 0.2) is 5.82 Å². The molecule has 3 heterocycles. The van der Waals surface area contributed by atoms with Crippen LogP contribution in [-0.4, -0.2) is 31.5 Å². The van der Waals surface area contributed by atoms with E-state index >= 15 is 0 Å². The van der Waals surface area contributed by atoms with Crippen LogP contribution in [0.25, 0.3) is 16.4 Å². The maximum atomic E-state index is 13.5. The Balaban J connectivity index is 1.42. The molecule has 3 aromatic heterocycles. The predicted molar refractivity (Wildman–Crippen MR) is 109 cm³/mol. The average molecular weight is 390 g/mol. The number of fused-ring (bicyclic) bond motifs is 2. The Hall–Kier alpha value is -3.68. The second-order valence-corrected chi connectivity index (χ2v) is 6.97. The number of benzene rings is 1. The van der Waals surface area contributed by atoms with Crippen LogP contribution >= 0.6 is 0 Å². The molecule has 0 aliphatic heterocycles. The van der Waals surface area contributed by atoms with Crippen molar-refractivity contribution in [3.05, 3.63) is 67.0 Å². The summed E-state index contributed by atoms with van der Waals surface area (Å²) in [6.45, 7) is 0.641. The molecule has 146 valence electrons. The molecule has 1 atom stereocenters. The van der Waals surface area contributed by atoms with Crippen molar-refractivity contribution in [1.29, 1.82) is 0 Å². The van der Waals surface area contributed by atoms with Crippen molar-refractivity contribution >= 4 is 27.9 Å². The minimum absolute atomic E-state index is 0.0857. The predicted octanol–water partition coefficient (Wildman–Crippen LogP) is 4.26. The molecule has 0 amide bonds. The first-order chi connectivity index (χ1) is 14.2. The summed E-state index contributed by atoms with van der Waals surface area (Å²) in [7, 11) is 1.62. The number of halogens is 1. The Kier molecular flexibility index (Phi) is 4.23. The van der Waals surface area contributed by atoms with Crippen LogP contribution in [0.1, 0.15) is 6.42 Å². The van der Waals surface area contributed by atoms with Crippen molar-refractivity contribution in [3.8, 4) is 5.75 Å². The molecular formula is C21H19FN6O. The molecule has 1 N–H and O–H groups in total. The smallest absolute Gasteiger partial charge is 0.162 e. The van der Waals surface area contributed by atoms with Gasteiger partial charge in [-0.2, -0.15) is 10.2 Å². The summed E-state index contributed by atoms with van der Waals surface area (Å²) in [5, 5.41) is 13.0. The Morgan fingerprint density at radius 1 is 1.28 bits per heavy atom. The standard InChI is InChI=1S/C21H19FN6O/c1-29-19-7-8-27-20(19)21(23-13-25-27)26-17-5-6-18-15(10-17)11-24-28(18)12-14-3-2-4-16(22)9-14/h2-8,10-11,13-14H,9,12H2,1H3,(H,23,25,26). The lowest BCUT2D eigenvalue weighted by molar-refractivity contribution is 0.420. The van der Waals surface area contributed by atoms with E-state index in [0.717, 1.165) is 22.1 Å². The summed E-state index contributed by atoms with van der Waals surface area (Å²) in [6.07, 6.45) is 10.9. The highest BCUT2D eigenvalue weighted by Gasteiger charge is 2.15. The van der Waals surface area contributed by atoms with Gasteiger partial charge in [0.1, 0.15) is 23.4 Å². The van der Waals surface area contributed by atoms with Gasteiger partial charge >= 0.3 is 0 Å². The lowest BCUT2D eigenvalue weighted by Crippen LogP contribution is -2.11. The number of nitrogens with zero attached hydrogens (tertiary/aromatic N) is 5. The SMILES string of the molecule is COc1ccn2ncnc(Nc3ccc4c(cnn4CC4C=CC=C(F)C4)c3)c12. The zero-order valence-electron chi connectivity index (χ0n) is 15.8. The molecule has 4 aromatic rings. The molecule has 0 saturated carbocycles. The monoisotopic (exact) mass is 390 g/mol. The van der Waals surface area contributed by atoms with E-state index in [4.69, 9.17) is 4.74 Å². The van der Waals surface area contributed by atoms with Crippen molar-refractivity contribution in [3.63, 3.8) is 0 Å². The van der Waals surface area contributed by atoms with Gasteiger partial charge < -0.3 is 10.1 Å². The maximum absolute atomic E-state index is 13.5. The van der Waals surface area contributed by atoms with E-state index in [-0.39, 0.29) is 11.7 Å². The number of ether oxygens (including phenoxy) is 1. The summed E-state index contributed by atoms with van der Waals surface area (Å²) in [4.78, 5) is 4.36. The van der Waals surface area contributed by atoms with Crippen molar-refractivity contribution in [2.45, 2.75) is 13.0 Å². The van der Waals surface area contributed by atoms with Gasteiger partial charge in [0.25, 0.3) is 0 Å². The molecule has 1 aromatic carbocycles. The lowest BCUT2D eigenvalue weighted by atomic mass is 10.00. The number of methoxy groups -OCH3 is 1. The van der Waals surface area contributed by atoms with E-state index in [1.165, 1.54) is 12.4 Å². The number of rotatable bonds is 5. The number of hydrogen-bond donors (Lipinski definition) is 1. The number of anilines is 2. The van der Waals surface area contributed by atoms with Gasteiger partial charge in [0.2, 0.25) is 0 Å². The third-order valence-corrected chi connectivity index (χ3v) is 5.07. The summed E-state index contributed by atoms with van der Waals surface area (Å²) in [6, 6.07) is 7.85. The normalized spacial score (nSPS) is 16.3. The van der Waals surface area contributed by atoms with Gasteiger partial charge in [-0.05, 0) is 24.3 Å². The zero-order valence-corrected chi connectivity index (χ0v) is 15.8. The molecule has 0 bridgehead atoms. The number of hydrogen-bond acceptors (Lipinski definition) is 5. The first-order valence-electron chi connectivity index (χ1n) is 9.33. The minimum atomic E-state index is -0.0857. The van der Waals surface area contributed by atoms with Crippen LogP contribution in [0.2, 0.25) is 0 Å². The quantitative estimate of drug-likeness (QED) is 0.551. The van der Waals surface area contributed by atoms with Crippen LogP contribution in [-0.2, 0) is 6.54 Å². The van der Waals surface area contributed by atoms with Crippen LogP contribution in [0.15, 0.2) is 67.0 Å². The van der Waals surface area contributed by atoms with E-state index in [9.17, 15) is 4.39 Å². The molecular weight excluding hydrogens is 371 g/mol. The molecule has 0 spiro atoms. The summed E-state index contributed by atoms with van der Waals surface area (Å²) in [5.74, 6) is 1.38. The molecule has 5 rings (SSSR count). The molecule has 0 radical (unpaired) electrons. The van der Waals surface area contributed by atoms with Crippen LogP contribution in [0.4, 0.5) is 15.9 Å². The van der Waals surface area contributed by atoms with Crippen molar-refractivity contribution < 1.29 is 9.13 Å². The topological polar surface area (TPSA) is 69.3 Å². The van der Waals surface area contributed by atoms with E-state index in [2.05, 4.69) is 20.5 Å². The van der Waals surface area contributed by atoms with Gasteiger partial charge in [-0.15, -0.1) is 0 Å². The third-order valence-electron chi connectivity index (χ3n) is 5.07. The van der Waals surface area contributed by atoms with Crippen molar-refractivity contribution in [1.82, 2.24) is 24.4 Å². The highest BCUT2D eigenvalue weighted by atomic mass is 19.1. The fourth-order valence-electron chi connectivity index (χ4n) is 3.68. The van der Waals surface area contributed by atoms with Crippen LogP contribution in [0.3, 0.4) is 0 Å². The average Bonchev–Trinajstić information content (AvgIpc) is 3.32. The zero-order chi connectivity index (χ0) is 19.8. The van der Waals surface area contributed by atoms with E-state index < -0.39 is 0 Å².